The zero-order valence-electron chi connectivity index (χ0n) is 10.8. The van der Waals surface area contributed by atoms with Gasteiger partial charge in [0.1, 0.15) is 5.75 Å². The van der Waals surface area contributed by atoms with E-state index in [4.69, 9.17) is 0 Å². The summed E-state index contributed by atoms with van der Waals surface area (Å²) in [5.74, 6) is 3.27. The first kappa shape index (κ1) is 11.1. The van der Waals surface area contributed by atoms with Gasteiger partial charge in [-0.2, -0.15) is 0 Å². The minimum Gasteiger partial charge on any atom is -0.507 e. The Morgan fingerprint density at radius 2 is 1.35 bits per heavy atom. The van der Waals surface area contributed by atoms with Gasteiger partial charge in [-0.05, 0) is 60.5 Å². The Balaban J connectivity index is 1.91. The highest BCUT2D eigenvalue weighted by Crippen LogP contribution is 2.49. The lowest BCUT2D eigenvalue weighted by molar-refractivity contribution is 0.443. The van der Waals surface area contributed by atoms with Crippen molar-refractivity contribution < 1.29 is 5.11 Å². The van der Waals surface area contributed by atoms with Gasteiger partial charge in [-0.25, -0.2) is 0 Å². The number of phenolic OH excluding ortho intramolecular Hbond substituents is 1. The van der Waals surface area contributed by atoms with Gasteiger partial charge in [0.25, 0.3) is 0 Å². The number of hydrogen-bond donors (Lipinski definition) is 1. The summed E-state index contributed by atoms with van der Waals surface area (Å²) in [5.41, 5.74) is 2.36. The van der Waals surface area contributed by atoms with E-state index in [2.05, 4.69) is 32.0 Å². The zero-order chi connectivity index (χ0) is 12.0. The van der Waals surface area contributed by atoms with Crippen LogP contribution in [-0.2, 0) is 0 Å². The maximum absolute atomic E-state index is 10.5. The van der Waals surface area contributed by atoms with Crippen LogP contribution < -0.4 is 0 Å². The summed E-state index contributed by atoms with van der Waals surface area (Å²) < 4.78 is 0. The molecule has 2 atom stereocenters. The lowest BCUT2D eigenvalue weighted by atomic mass is 9.88. The average Bonchev–Trinajstić information content (AvgIpc) is 3.20. The number of rotatable bonds is 4. The molecule has 1 heteroatoms. The standard InChI is InChI=1S/C16H22O/c1-10(12-6-7-12)14-4-3-5-15(16(14)17)11(2)13-8-9-13/h3-5,10-13,17H,6-9H2,1-2H3/t10-,11+. The van der Waals surface area contributed by atoms with Crippen molar-refractivity contribution in [3.05, 3.63) is 29.3 Å². The molecule has 0 aromatic heterocycles. The van der Waals surface area contributed by atoms with Crippen LogP contribution in [-0.4, -0.2) is 5.11 Å². The number of aromatic hydroxyl groups is 1. The Labute approximate surface area is 104 Å². The first-order valence-corrected chi connectivity index (χ1v) is 7.00. The van der Waals surface area contributed by atoms with E-state index in [1.165, 1.54) is 36.8 Å². The van der Waals surface area contributed by atoms with Crippen molar-refractivity contribution in [3.8, 4) is 5.75 Å². The van der Waals surface area contributed by atoms with Crippen LogP contribution in [0.3, 0.4) is 0 Å². The Morgan fingerprint density at radius 1 is 0.941 bits per heavy atom. The van der Waals surface area contributed by atoms with Gasteiger partial charge in [0, 0.05) is 0 Å². The van der Waals surface area contributed by atoms with Gasteiger partial charge in [-0.3, -0.25) is 0 Å². The second-order valence-corrected chi connectivity index (χ2v) is 6.04. The third-order valence-corrected chi connectivity index (χ3v) is 4.74. The van der Waals surface area contributed by atoms with Gasteiger partial charge in [0.05, 0.1) is 0 Å². The van der Waals surface area contributed by atoms with E-state index in [0.717, 1.165) is 11.8 Å². The largest absolute Gasteiger partial charge is 0.507 e. The molecule has 2 saturated carbocycles. The normalized spacial score (nSPS) is 23.4. The second kappa shape index (κ2) is 4.04. The maximum atomic E-state index is 10.5. The number of benzene rings is 1. The summed E-state index contributed by atoms with van der Waals surface area (Å²) >= 11 is 0. The molecule has 17 heavy (non-hydrogen) atoms. The number of para-hydroxylation sites is 1. The topological polar surface area (TPSA) is 20.2 Å². The molecule has 2 fully saturated rings. The SMILES string of the molecule is C[C@H](c1cccc([C@H](C)C2CC2)c1O)C1CC1. The first-order valence-electron chi connectivity index (χ1n) is 7.00. The van der Waals surface area contributed by atoms with E-state index in [0.29, 0.717) is 17.6 Å². The molecule has 0 radical (unpaired) electrons. The fourth-order valence-corrected chi connectivity index (χ4v) is 3.02. The maximum Gasteiger partial charge on any atom is 0.122 e. The van der Waals surface area contributed by atoms with Crippen molar-refractivity contribution in [2.24, 2.45) is 11.8 Å². The molecule has 2 aliphatic carbocycles. The third kappa shape index (κ3) is 2.08. The van der Waals surface area contributed by atoms with Crippen LogP contribution in [0, 0.1) is 11.8 Å². The highest BCUT2D eigenvalue weighted by Gasteiger charge is 2.33. The van der Waals surface area contributed by atoms with Crippen molar-refractivity contribution in [3.63, 3.8) is 0 Å². The zero-order valence-corrected chi connectivity index (χ0v) is 10.8. The molecular formula is C16H22O. The Hall–Kier alpha value is -0.980. The molecule has 1 aromatic rings. The fourth-order valence-electron chi connectivity index (χ4n) is 3.02. The highest BCUT2D eigenvalue weighted by molar-refractivity contribution is 5.45. The van der Waals surface area contributed by atoms with Crippen LogP contribution in [0.5, 0.6) is 5.75 Å². The van der Waals surface area contributed by atoms with Crippen LogP contribution in [0.1, 0.15) is 62.5 Å². The number of phenols is 1. The Morgan fingerprint density at radius 3 is 1.71 bits per heavy atom. The predicted octanol–water partition coefficient (Wildman–Crippen LogP) is 4.42. The first-order chi connectivity index (χ1) is 8.18. The molecule has 2 aliphatic rings. The molecule has 1 nitrogen and oxygen atoms in total. The van der Waals surface area contributed by atoms with E-state index in [1.807, 2.05) is 0 Å². The van der Waals surface area contributed by atoms with E-state index in [1.54, 1.807) is 0 Å². The van der Waals surface area contributed by atoms with Crippen LogP contribution in [0.15, 0.2) is 18.2 Å². The molecule has 92 valence electrons. The Kier molecular flexibility index (Phi) is 2.65. The third-order valence-electron chi connectivity index (χ3n) is 4.74. The molecule has 0 amide bonds. The molecule has 0 saturated heterocycles. The molecule has 1 N–H and O–H groups in total. The summed E-state index contributed by atoms with van der Waals surface area (Å²) in [4.78, 5) is 0. The lowest BCUT2D eigenvalue weighted by Gasteiger charge is -2.18. The average molecular weight is 230 g/mol. The smallest absolute Gasteiger partial charge is 0.122 e. The van der Waals surface area contributed by atoms with Crippen LogP contribution >= 0.6 is 0 Å². The van der Waals surface area contributed by atoms with E-state index < -0.39 is 0 Å². The minimum atomic E-state index is 0.529. The second-order valence-electron chi connectivity index (χ2n) is 6.04. The molecular weight excluding hydrogens is 208 g/mol. The lowest BCUT2D eigenvalue weighted by Crippen LogP contribution is -2.02. The summed E-state index contributed by atoms with van der Waals surface area (Å²) in [7, 11) is 0. The van der Waals surface area contributed by atoms with Gasteiger partial charge in [-0.1, -0.05) is 32.0 Å². The van der Waals surface area contributed by atoms with Crippen LogP contribution in [0.25, 0.3) is 0 Å². The van der Waals surface area contributed by atoms with Gasteiger partial charge in [0.15, 0.2) is 0 Å². The molecule has 3 rings (SSSR count). The molecule has 0 unspecified atom stereocenters. The monoisotopic (exact) mass is 230 g/mol. The van der Waals surface area contributed by atoms with Crippen molar-refractivity contribution in [2.45, 2.75) is 51.4 Å². The summed E-state index contributed by atoms with van der Waals surface area (Å²) in [6, 6.07) is 6.35. The number of hydrogen-bond acceptors (Lipinski definition) is 1. The molecule has 0 spiro atoms. The quantitative estimate of drug-likeness (QED) is 0.811. The summed E-state index contributed by atoms with van der Waals surface area (Å²) in [6.45, 7) is 4.52. The van der Waals surface area contributed by atoms with Crippen LogP contribution in [0.2, 0.25) is 0 Å². The van der Waals surface area contributed by atoms with Gasteiger partial charge in [0.2, 0.25) is 0 Å². The summed E-state index contributed by atoms with van der Waals surface area (Å²) in [6.07, 6.45) is 5.35. The van der Waals surface area contributed by atoms with Gasteiger partial charge >= 0.3 is 0 Å². The van der Waals surface area contributed by atoms with Gasteiger partial charge in [-0.15, -0.1) is 0 Å². The summed E-state index contributed by atoms with van der Waals surface area (Å²) in [5, 5.41) is 10.5. The van der Waals surface area contributed by atoms with Crippen LogP contribution in [0.4, 0.5) is 0 Å². The molecule has 0 aliphatic heterocycles. The van der Waals surface area contributed by atoms with Crippen molar-refractivity contribution in [1.82, 2.24) is 0 Å². The molecule has 0 heterocycles. The van der Waals surface area contributed by atoms with E-state index >= 15 is 0 Å². The van der Waals surface area contributed by atoms with Crippen molar-refractivity contribution in [1.29, 1.82) is 0 Å². The Bertz CT molecular complexity index is 379. The van der Waals surface area contributed by atoms with Crippen molar-refractivity contribution in [2.75, 3.05) is 0 Å². The van der Waals surface area contributed by atoms with E-state index in [-0.39, 0.29) is 0 Å². The molecule has 0 bridgehead atoms. The van der Waals surface area contributed by atoms with E-state index in [9.17, 15) is 5.11 Å². The molecule has 1 aromatic carbocycles. The van der Waals surface area contributed by atoms with Crippen molar-refractivity contribution >= 4 is 0 Å². The predicted molar refractivity (Wildman–Crippen MR) is 70.4 cm³/mol. The van der Waals surface area contributed by atoms with Gasteiger partial charge < -0.3 is 5.11 Å². The highest BCUT2D eigenvalue weighted by atomic mass is 16.3. The fraction of sp³-hybridized carbons (Fsp3) is 0.625. The minimum absolute atomic E-state index is 0.529.